The van der Waals surface area contributed by atoms with Gasteiger partial charge in [0.25, 0.3) is 5.56 Å². The molecule has 2 N–H and O–H groups in total. The number of aryl methyl sites for hydroxylation is 2. The van der Waals surface area contributed by atoms with Gasteiger partial charge in [0.2, 0.25) is 5.95 Å². The second-order valence-corrected chi connectivity index (χ2v) is 5.75. The zero-order valence-corrected chi connectivity index (χ0v) is 14.2. The summed E-state index contributed by atoms with van der Waals surface area (Å²) in [6, 6.07) is 6.05. The molecule has 1 aromatic heterocycles. The number of nitrogens with one attached hydrogen (secondary N) is 2. The molecule has 0 amide bonds. The smallest absolute Gasteiger partial charge is 0.268 e. The Kier molecular flexibility index (Phi) is 4.67. The average Bonchev–Trinajstić information content (AvgIpc) is 2.46. The molecule has 0 spiro atoms. The summed E-state index contributed by atoms with van der Waals surface area (Å²) in [5.41, 5.74) is 2.99. The lowest BCUT2D eigenvalue weighted by atomic mass is 10.1. The van der Waals surface area contributed by atoms with E-state index in [9.17, 15) is 4.79 Å². The quantitative estimate of drug-likeness (QED) is 0.887. The summed E-state index contributed by atoms with van der Waals surface area (Å²) >= 11 is 3.30. The molecule has 112 valence electrons. The van der Waals surface area contributed by atoms with Crippen molar-refractivity contribution in [2.75, 3.05) is 23.8 Å². The van der Waals surface area contributed by atoms with E-state index in [1.165, 1.54) is 0 Å². The normalized spacial score (nSPS) is 10.5. The number of hydrogen-bond acceptors (Lipinski definition) is 4. The number of anilines is 3. The number of hydrogen-bond donors (Lipinski definition) is 2. The van der Waals surface area contributed by atoms with Crippen molar-refractivity contribution < 1.29 is 0 Å². The third-order valence-electron chi connectivity index (χ3n) is 3.41. The highest BCUT2D eigenvalue weighted by Crippen LogP contribution is 2.27. The Morgan fingerprint density at radius 3 is 2.52 bits per heavy atom. The summed E-state index contributed by atoms with van der Waals surface area (Å²) in [6.07, 6.45) is 0. The number of aromatic nitrogens is 2. The second kappa shape index (κ2) is 6.30. The van der Waals surface area contributed by atoms with Gasteiger partial charge in [-0.3, -0.25) is 9.78 Å². The molecule has 0 radical (unpaired) electrons. The number of nitrogens with zero attached hydrogens (tertiary/aromatic N) is 2. The lowest BCUT2D eigenvalue weighted by molar-refractivity contribution is 0.892. The van der Waals surface area contributed by atoms with Crippen LogP contribution in [0.5, 0.6) is 0 Å². The molecule has 0 aliphatic carbocycles. The van der Waals surface area contributed by atoms with E-state index in [0.29, 0.717) is 16.2 Å². The van der Waals surface area contributed by atoms with Crippen LogP contribution in [0.15, 0.2) is 27.5 Å². The number of rotatable bonds is 4. The van der Waals surface area contributed by atoms with Gasteiger partial charge < -0.3 is 10.2 Å². The third-order valence-corrected chi connectivity index (χ3v) is 4.15. The minimum absolute atomic E-state index is 0.200. The summed E-state index contributed by atoms with van der Waals surface area (Å²) in [6.45, 7) is 6.80. The maximum Gasteiger partial charge on any atom is 0.268 e. The first-order valence-corrected chi connectivity index (χ1v) is 7.57. The van der Waals surface area contributed by atoms with Crippen LogP contribution < -0.4 is 15.8 Å². The van der Waals surface area contributed by atoms with Gasteiger partial charge in [-0.1, -0.05) is 18.2 Å². The van der Waals surface area contributed by atoms with Gasteiger partial charge in [-0.15, -0.1) is 0 Å². The molecule has 0 saturated heterocycles. The van der Waals surface area contributed by atoms with Crippen LogP contribution in [0, 0.1) is 13.8 Å². The largest absolute Gasteiger partial charge is 0.346 e. The molecule has 2 rings (SSSR count). The van der Waals surface area contributed by atoms with E-state index in [1.807, 2.05) is 50.9 Å². The molecule has 0 unspecified atom stereocenters. The van der Waals surface area contributed by atoms with Gasteiger partial charge in [-0.05, 0) is 47.8 Å². The number of halogens is 1. The van der Waals surface area contributed by atoms with Crippen LogP contribution in [0.4, 0.5) is 17.5 Å². The van der Waals surface area contributed by atoms with Gasteiger partial charge in [0.15, 0.2) is 5.82 Å². The van der Waals surface area contributed by atoms with Crippen molar-refractivity contribution in [2.45, 2.75) is 20.8 Å². The molecule has 2 aromatic rings. The van der Waals surface area contributed by atoms with Crippen LogP contribution in [0.3, 0.4) is 0 Å². The summed E-state index contributed by atoms with van der Waals surface area (Å²) in [7, 11) is 1.88. The van der Waals surface area contributed by atoms with Gasteiger partial charge in [-0.2, -0.15) is 4.98 Å². The van der Waals surface area contributed by atoms with E-state index >= 15 is 0 Å². The summed E-state index contributed by atoms with van der Waals surface area (Å²) in [4.78, 5) is 21.2. The molecule has 0 fully saturated rings. The highest BCUT2D eigenvalue weighted by Gasteiger charge is 2.13. The summed E-state index contributed by atoms with van der Waals surface area (Å²) in [5, 5.41) is 3.26. The minimum atomic E-state index is -0.200. The van der Waals surface area contributed by atoms with Crippen LogP contribution in [0.1, 0.15) is 18.1 Å². The predicted octanol–water partition coefficient (Wildman–Crippen LogP) is 3.35. The SMILES string of the molecule is CCN(C)c1nc(Nc2c(C)cccc2C)c(Br)c(=O)[nH]1. The first-order valence-electron chi connectivity index (χ1n) is 6.78. The Bertz CT molecular complexity index is 691. The maximum atomic E-state index is 12.0. The lowest BCUT2D eigenvalue weighted by Crippen LogP contribution is -2.23. The Hall–Kier alpha value is -1.82. The van der Waals surface area contributed by atoms with Crippen molar-refractivity contribution in [2.24, 2.45) is 0 Å². The van der Waals surface area contributed by atoms with Crippen LogP contribution in [0.25, 0.3) is 0 Å². The molecule has 1 heterocycles. The van der Waals surface area contributed by atoms with E-state index in [1.54, 1.807) is 0 Å². The third kappa shape index (κ3) is 3.26. The number of aromatic amines is 1. The van der Waals surface area contributed by atoms with Crippen molar-refractivity contribution >= 4 is 33.4 Å². The fourth-order valence-electron chi connectivity index (χ4n) is 1.99. The molecule has 21 heavy (non-hydrogen) atoms. The van der Waals surface area contributed by atoms with E-state index in [4.69, 9.17) is 0 Å². The standard InChI is InChI=1S/C15H19BrN4O/c1-5-20(4)15-18-13(11(16)14(21)19-15)17-12-9(2)7-6-8-10(12)3/h6-8H,5H2,1-4H3,(H2,17,18,19,21). The van der Waals surface area contributed by atoms with E-state index in [0.717, 1.165) is 23.4 Å². The Balaban J connectivity index is 2.49. The number of benzene rings is 1. The van der Waals surface area contributed by atoms with Crippen LogP contribution >= 0.6 is 15.9 Å². The van der Waals surface area contributed by atoms with Gasteiger partial charge in [0.05, 0.1) is 0 Å². The van der Waals surface area contributed by atoms with E-state index < -0.39 is 0 Å². The van der Waals surface area contributed by atoms with E-state index in [2.05, 4.69) is 31.2 Å². The summed E-state index contributed by atoms with van der Waals surface area (Å²) in [5.74, 6) is 1.06. The van der Waals surface area contributed by atoms with Crippen LogP contribution in [0.2, 0.25) is 0 Å². The molecule has 0 saturated carbocycles. The number of H-pyrrole nitrogens is 1. The molecule has 0 aliphatic rings. The van der Waals surface area contributed by atoms with Crippen molar-refractivity contribution in [3.63, 3.8) is 0 Å². The first-order chi connectivity index (χ1) is 9.93. The minimum Gasteiger partial charge on any atom is -0.346 e. The van der Waals surface area contributed by atoms with Crippen molar-refractivity contribution in [1.82, 2.24) is 9.97 Å². The monoisotopic (exact) mass is 350 g/mol. The van der Waals surface area contributed by atoms with Gasteiger partial charge in [0, 0.05) is 19.3 Å². The highest BCUT2D eigenvalue weighted by molar-refractivity contribution is 9.10. The van der Waals surface area contributed by atoms with Crippen LogP contribution in [-0.4, -0.2) is 23.6 Å². The molecule has 6 heteroatoms. The fraction of sp³-hybridized carbons (Fsp3) is 0.333. The predicted molar refractivity (Wildman–Crippen MR) is 90.7 cm³/mol. The molecule has 0 aliphatic heterocycles. The van der Waals surface area contributed by atoms with Crippen molar-refractivity contribution in [3.05, 3.63) is 44.2 Å². The summed E-state index contributed by atoms with van der Waals surface area (Å²) < 4.78 is 0.401. The molecular formula is C15H19BrN4O. The topological polar surface area (TPSA) is 61.0 Å². The molecule has 1 aromatic carbocycles. The first kappa shape index (κ1) is 15.6. The van der Waals surface area contributed by atoms with Crippen molar-refractivity contribution in [3.8, 4) is 0 Å². The maximum absolute atomic E-state index is 12.0. The molecule has 0 bridgehead atoms. The Morgan fingerprint density at radius 1 is 1.33 bits per heavy atom. The second-order valence-electron chi connectivity index (χ2n) is 4.96. The fourth-order valence-corrected chi connectivity index (χ4v) is 2.28. The molecule has 5 nitrogen and oxygen atoms in total. The average molecular weight is 351 g/mol. The zero-order chi connectivity index (χ0) is 15.6. The Morgan fingerprint density at radius 2 is 1.95 bits per heavy atom. The number of para-hydroxylation sites is 1. The zero-order valence-electron chi connectivity index (χ0n) is 12.6. The van der Waals surface area contributed by atoms with E-state index in [-0.39, 0.29) is 5.56 Å². The van der Waals surface area contributed by atoms with Gasteiger partial charge >= 0.3 is 0 Å². The van der Waals surface area contributed by atoms with Gasteiger partial charge in [0.1, 0.15) is 4.47 Å². The molecular weight excluding hydrogens is 332 g/mol. The van der Waals surface area contributed by atoms with Crippen LogP contribution in [-0.2, 0) is 0 Å². The van der Waals surface area contributed by atoms with Crippen molar-refractivity contribution in [1.29, 1.82) is 0 Å². The van der Waals surface area contributed by atoms with Gasteiger partial charge in [-0.25, -0.2) is 0 Å². The Labute approximate surface area is 132 Å². The molecule has 0 atom stereocenters. The highest BCUT2D eigenvalue weighted by atomic mass is 79.9. The lowest BCUT2D eigenvalue weighted by Gasteiger charge is -2.18.